The second kappa shape index (κ2) is 6.16. The molecule has 2 aliphatic rings. The Balaban J connectivity index is 0.00000147. The zero-order chi connectivity index (χ0) is 13.5. The summed E-state index contributed by atoms with van der Waals surface area (Å²) in [6.45, 7) is 6.70. The van der Waals surface area contributed by atoms with Crippen LogP contribution in [0.5, 0.6) is 0 Å². The smallest absolute Gasteiger partial charge is 0.141 e. The molecule has 0 aromatic heterocycles. The Morgan fingerprint density at radius 3 is 3.05 bits per heavy atom. The number of halogens is 3. The number of ether oxygens (including phenoxy) is 1. The van der Waals surface area contributed by atoms with Crippen molar-refractivity contribution in [1.29, 1.82) is 0 Å². The van der Waals surface area contributed by atoms with Crippen molar-refractivity contribution in [3.63, 3.8) is 0 Å². The summed E-state index contributed by atoms with van der Waals surface area (Å²) in [4.78, 5) is 2.45. The fourth-order valence-corrected chi connectivity index (χ4v) is 3.04. The molecule has 3 rings (SSSR count). The molecule has 2 unspecified atom stereocenters. The van der Waals surface area contributed by atoms with Crippen molar-refractivity contribution < 1.29 is 9.13 Å². The average molecular weight is 321 g/mol. The first-order valence-electron chi connectivity index (χ1n) is 6.61. The Hall–Kier alpha value is -0.390. The van der Waals surface area contributed by atoms with Gasteiger partial charge in [0.25, 0.3) is 0 Å². The van der Waals surface area contributed by atoms with Gasteiger partial charge >= 0.3 is 0 Å². The van der Waals surface area contributed by atoms with Crippen LogP contribution in [0.25, 0.3) is 0 Å². The zero-order valence-electron chi connectivity index (χ0n) is 11.4. The van der Waals surface area contributed by atoms with Crippen molar-refractivity contribution in [2.75, 3.05) is 32.8 Å². The first kappa shape index (κ1) is 16.0. The minimum atomic E-state index is -0.381. The minimum Gasteiger partial charge on any atom is -0.370 e. The summed E-state index contributed by atoms with van der Waals surface area (Å²) in [5.74, 6) is -0.381. The molecule has 112 valence electrons. The maximum atomic E-state index is 13.2. The molecule has 2 heterocycles. The number of nitrogens with one attached hydrogen (secondary N) is 1. The van der Waals surface area contributed by atoms with Gasteiger partial charge in [0.2, 0.25) is 0 Å². The summed E-state index contributed by atoms with van der Waals surface area (Å²) >= 11 is 5.84. The van der Waals surface area contributed by atoms with Crippen LogP contribution in [0.15, 0.2) is 18.2 Å². The van der Waals surface area contributed by atoms with Gasteiger partial charge < -0.3 is 10.1 Å². The third-order valence-electron chi connectivity index (χ3n) is 4.12. The summed E-state index contributed by atoms with van der Waals surface area (Å²) in [5.41, 5.74) is 1.02. The predicted molar refractivity (Wildman–Crippen MR) is 80.2 cm³/mol. The standard InChI is InChI=1S/C14H18ClFN2O.ClH/c1-14-8-17-4-5-18(14)7-13(19-9-14)10-2-3-12(16)11(15)6-10;/h2-3,6,13,17H,4-5,7-9H2,1H3;1H. The third-order valence-corrected chi connectivity index (χ3v) is 4.41. The topological polar surface area (TPSA) is 24.5 Å². The molecular weight excluding hydrogens is 302 g/mol. The van der Waals surface area contributed by atoms with E-state index in [9.17, 15) is 4.39 Å². The van der Waals surface area contributed by atoms with Gasteiger partial charge in [0.15, 0.2) is 0 Å². The SMILES string of the molecule is CC12CNCCN1CC(c1ccc(F)c(Cl)c1)OC2.Cl. The molecule has 0 radical (unpaired) electrons. The van der Waals surface area contributed by atoms with E-state index >= 15 is 0 Å². The van der Waals surface area contributed by atoms with Crippen LogP contribution in [0, 0.1) is 5.82 Å². The molecule has 6 heteroatoms. The lowest BCUT2D eigenvalue weighted by Crippen LogP contribution is -2.65. The van der Waals surface area contributed by atoms with Crippen LogP contribution < -0.4 is 5.32 Å². The Kier molecular flexibility index (Phi) is 4.92. The Morgan fingerprint density at radius 1 is 1.50 bits per heavy atom. The van der Waals surface area contributed by atoms with Crippen molar-refractivity contribution in [3.8, 4) is 0 Å². The summed E-state index contributed by atoms with van der Waals surface area (Å²) < 4.78 is 19.2. The van der Waals surface area contributed by atoms with Crippen LogP contribution in [0.3, 0.4) is 0 Å². The molecule has 2 saturated heterocycles. The third kappa shape index (κ3) is 2.95. The second-order valence-electron chi connectivity index (χ2n) is 5.59. The van der Waals surface area contributed by atoms with Crippen molar-refractivity contribution in [2.45, 2.75) is 18.6 Å². The number of piperazine rings is 1. The highest BCUT2D eigenvalue weighted by atomic mass is 35.5. The van der Waals surface area contributed by atoms with Crippen molar-refractivity contribution >= 4 is 24.0 Å². The van der Waals surface area contributed by atoms with Gasteiger partial charge in [0, 0.05) is 26.2 Å². The fraction of sp³-hybridized carbons (Fsp3) is 0.571. The van der Waals surface area contributed by atoms with Gasteiger partial charge in [-0.15, -0.1) is 12.4 Å². The van der Waals surface area contributed by atoms with Crippen LogP contribution in [0.1, 0.15) is 18.6 Å². The lowest BCUT2D eigenvalue weighted by Gasteiger charge is -2.50. The van der Waals surface area contributed by atoms with Gasteiger partial charge in [-0.05, 0) is 24.6 Å². The number of nitrogens with zero attached hydrogens (tertiary/aromatic N) is 1. The number of hydrogen-bond donors (Lipinski definition) is 1. The van der Waals surface area contributed by atoms with E-state index in [-0.39, 0.29) is 34.9 Å². The maximum Gasteiger partial charge on any atom is 0.141 e. The maximum absolute atomic E-state index is 13.2. The number of fused-ring (bicyclic) bond motifs is 1. The van der Waals surface area contributed by atoms with Crippen molar-refractivity contribution in [2.24, 2.45) is 0 Å². The normalized spacial score (nSPS) is 30.4. The van der Waals surface area contributed by atoms with Crippen LogP contribution in [0.2, 0.25) is 5.02 Å². The number of morpholine rings is 1. The molecule has 2 atom stereocenters. The Bertz CT molecular complexity index is 488. The van der Waals surface area contributed by atoms with E-state index in [0.29, 0.717) is 6.61 Å². The minimum absolute atomic E-state index is 0. The number of benzene rings is 1. The van der Waals surface area contributed by atoms with Gasteiger partial charge in [0.05, 0.1) is 23.3 Å². The van der Waals surface area contributed by atoms with E-state index in [0.717, 1.165) is 31.7 Å². The highest BCUT2D eigenvalue weighted by molar-refractivity contribution is 6.30. The Morgan fingerprint density at radius 2 is 2.30 bits per heavy atom. The molecule has 3 nitrogen and oxygen atoms in total. The first-order valence-corrected chi connectivity index (χ1v) is 6.99. The van der Waals surface area contributed by atoms with E-state index in [1.807, 2.05) is 0 Å². The van der Waals surface area contributed by atoms with E-state index in [1.54, 1.807) is 12.1 Å². The van der Waals surface area contributed by atoms with Crippen LogP contribution in [0.4, 0.5) is 4.39 Å². The second-order valence-corrected chi connectivity index (χ2v) is 6.00. The van der Waals surface area contributed by atoms with Crippen LogP contribution in [-0.2, 0) is 4.74 Å². The summed E-state index contributed by atoms with van der Waals surface area (Å²) in [6.07, 6.45) is -0.0238. The van der Waals surface area contributed by atoms with Gasteiger partial charge in [-0.25, -0.2) is 4.39 Å². The number of rotatable bonds is 1. The Labute approximate surface area is 129 Å². The highest BCUT2D eigenvalue weighted by Crippen LogP contribution is 2.32. The van der Waals surface area contributed by atoms with Gasteiger partial charge in [0.1, 0.15) is 5.82 Å². The lowest BCUT2D eigenvalue weighted by atomic mass is 9.94. The van der Waals surface area contributed by atoms with Gasteiger partial charge in [-0.1, -0.05) is 17.7 Å². The molecule has 2 fully saturated rings. The highest BCUT2D eigenvalue weighted by Gasteiger charge is 2.40. The van der Waals surface area contributed by atoms with E-state index in [4.69, 9.17) is 16.3 Å². The van der Waals surface area contributed by atoms with E-state index in [1.165, 1.54) is 6.07 Å². The molecule has 2 aliphatic heterocycles. The molecule has 0 spiro atoms. The summed E-state index contributed by atoms with van der Waals surface area (Å²) in [6, 6.07) is 4.84. The molecule has 1 aromatic rings. The predicted octanol–water partition coefficient (Wildman–Crippen LogP) is 2.64. The van der Waals surface area contributed by atoms with Crippen LogP contribution in [-0.4, -0.2) is 43.2 Å². The fourth-order valence-electron chi connectivity index (χ4n) is 2.85. The summed E-state index contributed by atoms with van der Waals surface area (Å²) in [7, 11) is 0. The summed E-state index contributed by atoms with van der Waals surface area (Å²) in [5, 5.41) is 3.57. The van der Waals surface area contributed by atoms with Crippen LogP contribution >= 0.6 is 24.0 Å². The zero-order valence-corrected chi connectivity index (χ0v) is 12.9. The molecule has 1 N–H and O–H groups in total. The number of hydrogen-bond acceptors (Lipinski definition) is 3. The molecule has 0 bridgehead atoms. The largest absolute Gasteiger partial charge is 0.370 e. The quantitative estimate of drug-likeness (QED) is 0.861. The lowest BCUT2D eigenvalue weighted by molar-refractivity contribution is -0.115. The van der Waals surface area contributed by atoms with Gasteiger partial charge in [-0.3, -0.25) is 4.90 Å². The van der Waals surface area contributed by atoms with Crippen molar-refractivity contribution in [3.05, 3.63) is 34.6 Å². The molecule has 0 saturated carbocycles. The molecular formula is C14H19Cl2FN2O. The van der Waals surface area contributed by atoms with E-state index in [2.05, 4.69) is 17.1 Å². The molecule has 0 amide bonds. The van der Waals surface area contributed by atoms with Gasteiger partial charge in [-0.2, -0.15) is 0 Å². The molecule has 20 heavy (non-hydrogen) atoms. The molecule has 1 aromatic carbocycles. The first-order chi connectivity index (χ1) is 9.08. The monoisotopic (exact) mass is 320 g/mol. The van der Waals surface area contributed by atoms with E-state index < -0.39 is 0 Å². The molecule has 0 aliphatic carbocycles. The average Bonchev–Trinajstić information content (AvgIpc) is 2.41. The van der Waals surface area contributed by atoms with Crippen molar-refractivity contribution in [1.82, 2.24) is 10.2 Å².